The van der Waals surface area contributed by atoms with E-state index in [0.717, 1.165) is 29.0 Å². The van der Waals surface area contributed by atoms with Crippen LogP contribution >= 0.6 is 0 Å². The maximum Gasteiger partial charge on any atom is 0.262 e. The molecule has 3 heterocycles. The van der Waals surface area contributed by atoms with Crippen molar-refractivity contribution in [2.24, 2.45) is 0 Å². The SMILES string of the molecule is COc1ccc(/C=C/c2ccnc3nc(N4c5ccccc5CC4C)[nH]c(=O)c23)cc1. The van der Waals surface area contributed by atoms with Gasteiger partial charge in [-0.2, -0.15) is 4.98 Å². The van der Waals surface area contributed by atoms with Gasteiger partial charge in [-0.1, -0.05) is 42.5 Å². The minimum atomic E-state index is -0.195. The summed E-state index contributed by atoms with van der Waals surface area (Å²) in [4.78, 5) is 27.2. The molecule has 0 spiro atoms. The zero-order valence-corrected chi connectivity index (χ0v) is 17.4. The highest BCUT2D eigenvalue weighted by Gasteiger charge is 2.28. The summed E-state index contributed by atoms with van der Waals surface area (Å²) in [6.45, 7) is 2.13. The Balaban J connectivity index is 1.55. The van der Waals surface area contributed by atoms with Crippen LogP contribution in [-0.4, -0.2) is 28.1 Å². The molecule has 31 heavy (non-hydrogen) atoms. The third-order valence-electron chi connectivity index (χ3n) is 5.63. The molecule has 0 radical (unpaired) electrons. The number of hydrogen-bond donors (Lipinski definition) is 1. The second-order valence-corrected chi connectivity index (χ2v) is 7.65. The van der Waals surface area contributed by atoms with Crippen LogP contribution < -0.4 is 15.2 Å². The van der Waals surface area contributed by atoms with Crippen LogP contribution in [0.25, 0.3) is 23.2 Å². The molecule has 0 amide bonds. The van der Waals surface area contributed by atoms with Crippen molar-refractivity contribution in [1.29, 1.82) is 0 Å². The lowest BCUT2D eigenvalue weighted by Gasteiger charge is -2.23. The third-order valence-corrected chi connectivity index (χ3v) is 5.63. The summed E-state index contributed by atoms with van der Waals surface area (Å²) in [6, 6.07) is 18.0. The van der Waals surface area contributed by atoms with Crippen LogP contribution in [0.4, 0.5) is 11.6 Å². The van der Waals surface area contributed by atoms with Crippen LogP contribution in [0.1, 0.15) is 23.6 Å². The number of methoxy groups -OCH3 is 1. The van der Waals surface area contributed by atoms with Crippen molar-refractivity contribution >= 4 is 34.8 Å². The number of benzene rings is 2. The Labute approximate surface area is 179 Å². The predicted molar refractivity (Wildman–Crippen MR) is 124 cm³/mol. The van der Waals surface area contributed by atoms with Gasteiger partial charge in [0.15, 0.2) is 5.65 Å². The van der Waals surface area contributed by atoms with Gasteiger partial charge in [-0.05, 0) is 54.3 Å². The number of rotatable bonds is 4. The van der Waals surface area contributed by atoms with E-state index < -0.39 is 0 Å². The molecule has 0 bridgehead atoms. The summed E-state index contributed by atoms with van der Waals surface area (Å²) in [5, 5.41) is 0.483. The zero-order chi connectivity index (χ0) is 21.4. The molecule has 5 rings (SSSR count). The number of nitrogens with zero attached hydrogens (tertiary/aromatic N) is 3. The van der Waals surface area contributed by atoms with E-state index in [4.69, 9.17) is 9.72 Å². The fourth-order valence-electron chi connectivity index (χ4n) is 4.12. The van der Waals surface area contributed by atoms with Gasteiger partial charge in [0.05, 0.1) is 12.5 Å². The first-order valence-corrected chi connectivity index (χ1v) is 10.2. The van der Waals surface area contributed by atoms with Gasteiger partial charge in [0.2, 0.25) is 5.95 Å². The van der Waals surface area contributed by atoms with E-state index in [1.54, 1.807) is 13.3 Å². The predicted octanol–water partition coefficient (Wildman–Crippen LogP) is 4.58. The Bertz CT molecular complexity index is 1340. The first kappa shape index (κ1) is 19.1. The largest absolute Gasteiger partial charge is 0.497 e. The molecule has 2 aromatic carbocycles. The second kappa shape index (κ2) is 7.72. The molecule has 1 unspecified atom stereocenters. The molecule has 2 aromatic heterocycles. The van der Waals surface area contributed by atoms with Crippen molar-refractivity contribution in [3.63, 3.8) is 0 Å². The highest BCUT2D eigenvalue weighted by Crippen LogP contribution is 2.36. The van der Waals surface area contributed by atoms with Gasteiger partial charge >= 0.3 is 0 Å². The van der Waals surface area contributed by atoms with Gasteiger partial charge in [-0.15, -0.1) is 0 Å². The number of para-hydroxylation sites is 1. The smallest absolute Gasteiger partial charge is 0.262 e. The average Bonchev–Trinajstić information content (AvgIpc) is 3.13. The van der Waals surface area contributed by atoms with E-state index in [1.807, 2.05) is 54.6 Å². The molecule has 6 heteroatoms. The number of hydrogen-bond acceptors (Lipinski definition) is 5. The topological polar surface area (TPSA) is 71.1 Å². The summed E-state index contributed by atoms with van der Waals surface area (Å²) >= 11 is 0. The Morgan fingerprint density at radius 2 is 1.90 bits per heavy atom. The number of ether oxygens (including phenoxy) is 1. The Kier molecular flexibility index (Phi) is 4.75. The van der Waals surface area contributed by atoms with Crippen molar-refractivity contribution in [3.8, 4) is 5.75 Å². The van der Waals surface area contributed by atoms with E-state index in [9.17, 15) is 4.79 Å². The average molecular weight is 410 g/mol. The van der Waals surface area contributed by atoms with Crippen LogP contribution in [-0.2, 0) is 6.42 Å². The minimum absolute atomic E-state index is 0.195. The summed E-state index contributed by atoms with van der Waals surface area (Å²) in [5.74, 6) is 1.33. The molecule has 6 nitrogen and oxygen atoms in total. The highest BCUT2D eigenvalue weighted by molar-refractivity contribution is 5.88. The standard InChI is InChI=1S/C25H22N4O2/c1-16-15-19-5-3-4-6-21(19)29(16)25-27-23-22(24(30)28-25)18(13-14-26-23)10-7-17-8-11-20(31-2)12-9-17/h3-14,16H,15H2,1-2H3,(H,26,27,28,30)/b10-7+. The van der Waals surface area contributed by atoms with Gasteiger partial charge in [-0.25, -0.2) is 4.98 Å². The van der Waals surface area contributed by atoms with Gasteiger partial charge < -0.3 is 9.64 Å². The Morgan fingerprint density at radius 3 is 2.71 bits per heavy atom. The van der Waals surface area contributed by atoms with E-state index in [-0.39, 0.29) is 11.6 Å². The molecule has 0 fully saturated rings. The lowest BCUT2D eigenvalue weighted by atomic mass is 10.1. The van der Waals surface area contributed by atoms with Crippen LogP contribution in [0.3, 0.4) is 0 Å². The Hall–Kier alpha value is -3.93. The fourth-order valence-corrected chi connectivity index (χ4v) is 4.12. The van der Waals surface area contributed by atoms with E-state index >= 15 is 0 Å². The molecule has 1 aliphatic rings. The molecule has 0 aliphatic carbocycles. The molecule has 0 saturated heterocycles. The van der Waals surface area contributed by atoms with Gasteiger partial charge in [0.1, 0.15) is 5.75 Å². The van der Waals surface area contributed by atoms with Crippen LogP contribution in [0.5, 0.6) is 5.75 Å². The summed E-state index contributed by atoms with van der Waals surface area (Å²) in [6.07, 6.45) is 6.47. The van der Waals surface area contributed by atoms with Gasteiger partial charge in [0.25, 0.3) is 5.56 Å². The van der Waals surface area contributed by atoms with Crippen molar-refractivity contribution in [2.75, 3.05) is 12.0 Å². The first-order chi connectivity index (χ1) is 15.1. The number of nitrogens with one attached hydrogen (secondary N) is 1. The highest BCUT2D eigenvalue weighted by atomic mass is 16.5. The van der Waals surface area contributed by atoms with Crippen molar-refractivity contribution in [1.82, 2.24) is 15.0 Å². The quantitative estimate of drug-likeness (QED) is 0.533. The molecular formula is C25H22N4O2. The first-order valence-electron chi connectivity index (χ1n) is 10.2. The second-order valence-electron chi connectivity index (χ2n) is 7.65. The van der Waals surface area contributed by atoms with Crippen molar-refractivity contribution in [3.05, 3.63) is 87.8 Å². The van der Waals surface area contributed by atoms with E-state index in [1.165, 1.54) is 5.56 Å². The van der Waals surface area contributed by atoms with E-state index in [0.29, 0.717) is 17.0 Å². The van der Waals surface area contributed by atoms with Crippen LogP contribution in [0.15, 0.2) is 65.6 Å². The summed E-state index contributed by atoms with van der Waals surface area (Å²) in [5.41, 5.74) is 4.35. The lowest BCUT2D eigenvalue weighted by Crippen LogP contribution is -2.28. The molecule has 154 valence electrons. The van der Waals surface area contributed by atoms with E-state index in [2.05, 4.69) is 33.9 Å². The normalized spacial score (nSPS) is 15.5. The molecule has 4 aromatic rings. The minimum Gasteiger partial charge on any atom is -0.497 e. The van der Waals surface area contributed by atoms with Crippen molar-refractivity contribution < 1.29 is 4.74 Å². The number of anilines is 2. The maximum absolute atomic E-state index is 13.1. The number of H-pyrrole nitrogens is 1. The van der Waals surface area contributed by atoms with Crippen LogP contribution in [0, 0.1) is 0 Å². The Morgan fingerprint density at radius 1 is 1.10 bits per heavy atom. The molecule has 1 aliphatic heterocycles. The monoisotopic (exact) mass is 410 g/mol. The maximum atomic E-state index is 13.1. The molecule has 1 atom stereocenters. The number of aromatic nitrogens is 3. The zero-order valence-electron chi connectivity index (χ0n) is 17.4. The number of aromatic amines is 1. The fraction of sp³-hybridized carbons (Fsp3) is 0.160. The third kappa shape index (κ3) is 3.46. The molecular weight excluding hydrogens is 388 g/mol. The summed E-state index contributed by atoms with van der Waals surface area (Å²) in [7, 11) is 1.64. The van der Waals surface area contributed by atoms with Crippen LogP contribution in [0.2, 0.25) is 0 Å². The summed E-state index contributed by atoms with van der Waals surface area (Å²) < 4.78 is 5.20. The lowest BCUT2D eigenvalue weighted by molar-refractivity contribution is 0.415. The van der Waals surface area contributed by atoms with Gasteiger partial charge in [-0.3, -0.25) is 9.78 Å². The molecule has 0 saturated carbocycles. The number of fused-ring (bicyclic) bond motifs is 2. The van der Waals surface area contributed by atoms with Gasteiger partial charge in [0, 0.05) is 17.9 Å². The van der Waals surface area contributed by atoms with Crippen molar-refractivity contribution in [2.45, 2.75) is 19.4 Å². The number of pyridine rings is 1. The molecule has 1 N–H and O–H groups in total.